The van der Waals surface area contributed by atoms with Crippen LogP contribution in [0.2, 0.25) is 0 Å². The number of nitrogens with zero attached hydrogens (tertiary/aromatic N) is 4. The van der Waals surface area contributed by atoms with E-state index in [4.69, 9.17) is 4.74 Å². The minimum absolute atomic E-state index is 0.0942. The molecule has 1 fully saturated rings. The monoisotopic (exact) mass is 385 g/mol. The summed E-state index contributed by atoms with van der Waals surface area (Å²) in [5, 5.41) is 8.81. The molecule has 0 unspecified atom stereocenters. The lowest BCUT2D eigenvalue weighted by molar-refractivity contribution is -0.114. The molecule has 0 bridgehead atoms. The predicted octanol–water partition coefficient (Wildman–Crippen LogP) is 3.03. The van der Waals surface area contributed by atoms with Crippen LogP contribution in [0.4, 0.5) is 5.13 Å². The molecule has 1 amide bonds. The maximum Gasteiger partial charge on any atom is 0.223 e. The fraction of sp³-hybridized carbons (Fsp3) is 0.421. The second kappa shape index (κ2) is 7.28. The van der Waals surface area contributed by atoms with Crippen LogP contribution in [-0.2, 0) is 18.4 Å². The standard InChI is InChI=1S/C19H23N5O2S/c1-12-7-15(26-17-6-4-5-14-8-21-23(3)18(14)17)10-24(12)11-16-9-20-19(27-16)22-13(2)25/h4-6,8-9,12,15H,7,10-11H2,1-3H3,(H,20,22,25)/t12-,15+/m0/s1. The SMILES string of the molecule is CC(=O)Nc1ncc(CN2C[C@H](Oc3cccc4cnn(C)c34)C[C@@H]2C)s1. The molecule has 2 atom stereocenters. The van der Waals surface area contributed by atoms with Gasteiger partial charge in [-0.25, -0.2) is 4.98 Å². The molecule has 0 saturated carbocycles. The van der Waals surface area contributed by atoms with E-state index in [0.717, 1.165) is 41.0 Å². The van der Waals surface area contributed by atoms with Gasteiger partial charge in [0.2, 0.25) is 5.91 Å². The van der Waals surface area contributed by atoms with Gasteiger partial charge >= 0.3 is 0 Å². The van der Waals surface area contributed by atoms with E-state index in [2.05, 4.69) is 33.3 Å². The molecule has 8 heteroatoms. The summed E-state index contributed by atoms with van der Waals surface area (Å²) in [7, 11) is 1.94. The van der Waals surface area contributed by atoms with Crippen LogP contribution in [0.15, 0.2) is 30.6 Å². The van der Waals surface area contributed by atoms with Crippen LogP contribution >= 0.6 is 11.3 Å². The van der Waals surface area contributed by atoms with Crippen LogP contribution < -0.4 is 10.1 Å². The van der Waals surface area contributed by atoms with Gasteiger partial charge in [0, 0.05) is 56.0 Å². The molecule has 2 aromatic heterocycles. The normalized spacial score (nSPS) is 20.3. The molecule has 3 heterocycles. The van der Waals surface area contributed by atoms with Gasteiger partial charge in [0.1, 0.15) is 17.4 Å². The Balaban J connectivity index is 1.43. The first-order valence-electron chi connectivity index (χ1n) is 9.03. The van der Waals surface area contributed by atoms with E-state index < -0.39 is 0 Å². The first kappa shape index (κ1) is 17.9. The highest BCUT2D eigenvalue weighted by atomic mass is 32.1. The van der Waals surface area contributed by atoms with E-state index >= 15 is 0 Å². The van der Waals surface area contributed by atoms with Gasteiger partial charge in [-0.3, -0.25) is 14.4 Å². The Hall–Kier alpha value is -2.45. The van der Waals surface area contributed by atoms with E-state index in [1.54, 1.807) is 0 Å². The van der Waals surface area contributed by atoms with E-state index in [1.165, 1.54) is 18.3 Å². The average Bonchev–Trinajstić information content (AvgIpc) is 3.29. The lowest BCUT2D eigenvalue weighted by atomic mass is 10.2. The van der Waals surface area contributed by atoms with Crippen LogP contribution in [0.1, 0.15) is 25.1 Å². The molecule has 1 N–H and O–H groups in total. The number of aromatic nitrogens is 3. The smallest absolute Gasteiger partial charge is 0.223 e. The number of carbonyl (C=O) groups is 1. The number of likely N-dealkylation sites (tertiary alicyclic amines) is 1. The predicted molar refractivity (Wildman–Crippen MR) is 106 cm³/mol. The van der Waals surface area contributed by atoms with Gasteiger partial charge < -0.3 is 10.1 Å². The van der Waals surface area contributed by atoms with Gasteiger partial charge in [-0.15, -0.1) is 11.3 Å². The molecule has 0 radical (unpaired) electrons. The molecule has 142 valence electrons. The third-order valence-corrected chi connectivity index (χ3v) is 5.78. The van der Waals surface area contributed by atoms with Crippen molar-refractivity contribution in [1.29, 1.82) is 0 Å². The molecular formula is C19H23N5O2S. The molecule has 4 rings (SSSR count). The Morgan fingerprint density at radius 3 is 3.07 bits per heavy atom. The van der Waals surface area contributed by atoms with Crippen molar-refractivity contribution in [2.75, 3.05) is 11.9 Å². The maximum absolute atomic E-state index is 11.2. The minimum Gasteiger partial charge on any atom is -0.487 e. The molecule has 0 aliphatic carbocycles. The summed E-state index contributed by atoms with van der Waals surface area (Å²) in [6, 6.07) is 6.50. The summed E-state index contributed by atoms with van der Waals surface area (Å²) in [6.07, 6.45) is 4.82. The van der Waals surface area contributed by atoms with Crippen molar-refractivity contribution in [2.24, 2.45) is 7.05 Å². The fourth-order valence-electron chi connectivity index (χ4n) is 3.61. The quantitative estimate of drug-likeness (QED) is 0.731. The van der Waals surface area contributed by atoms with E-state index in [9.17, 15) is 4.79 Å². The molecule has 27 heavy (non-hydrogen) atoms. The Morgan fingerprint density at radius 1 is 1.41 bits per heavy atom. The molecule has 0 spiro atoms. The number of aryl methyl sites for hydroxylation is 1. The number of hydrogen-bond donors (Lipinski definition) is 1. The van der Waals surface area contributed by atoms with Crippen LogP contribution in [0.5, 0.6) is 5.75 Å². The maximum atomic E-state index is 11.2. The number of carbonyl (C=O) groups excluding carboxylic acids is 1. The summed E-state index contributed by atoms with van der Waals surface area (Å²) in [5.74, 6) is 0.792. The van der Waals surface area contributed by atoms with Crippen molar-refractivity contribution < 1.29 is 9.53 Å². The lowest BCUT2D eigenvalue weighted by Gasteiger charge is -2.19. The molecule has 1 aliphatic heterocycles. The van der Waals surface area contributed by atoms with Crippen molar-refractivity contribution in [3.8, 4) is 5.75 Å². The first-order valence-corrected chi connectivity index (χ1v) is 9.85. The summed E-state index contributed by atoms with van der Waals surface area (Å²) in [4.78, 5) is 19.0. The largest absolute Gasteiger partial charge is 0.487 e. The number of nitrogens with one attached hydrogen (secondary N) is 1. The molecule has 7 nitrogen and oxygen atoms in total. The van der Waals surface area contributed by atoms with Gasteiger partial charge in [0.15, 0.2) is 5.13 Å². The zero-order valence-corrected chi connectivity index (χ0v) is 16.5. The Bertz CT molecular complexity index is 966. The lowest BCUT2D eigenvalue weighted by Crippen LogP contribution is -2.27. The molecule has 1 aromatic carbocycles. The summed E-state index contributed by atoms with van der Waals surface area (Å²) < 4.78 is 8.22. The zero-order valence-electron chi connectivity index (χ0n) is 15.7. The average molecular weight is 385 g/mol. The third kappa shape index (κ3) is 3.81. The third-order valence-electron chi connectivity index (χ3n) is 4.88. The molecule has 1 aliphatic rings. The number of fused-ring (bicyclic) bond motifs is 1. The van der Waals surface area contributed by atoms with Crippen LogP contribution in [-0.4, -0.2) is 44.3 Å². The van der Waals surface area contributed by atoms with Crippen LogP contribution in [0, 0.1) is 0 Å². The number of thiazole rings is 1. The number of anilines is 1. The topological polar surface area (TPSA) is 72.3 Å². The van der Waals surface area contributed by atoms with Crippen molar-refractivity contribution >= 4 is 33.3 Å². The number of amides is 1. The first-order chi connectivity index (χ1) is 13.0. The highest BCUT2D eigenvalue weighted by Gasteiger charge is 2.31. The van der Waals surface area contributed by atoms with Crippen LogP contribution in [0.3, 0.4) is 0 Å². The van der Waals surface area contributed by atoms with Crippen LogP contribution in [0.25, 0.3) is 10.9 Å². The summed E-state index contributed by atoms with van der Waals surface area (Å²) in [5.41, 5.74) is 1.03. The molecule has 1 saturated heterocycles. The highest BCUT2D eigenvalue weighted by Crippen LogP contribution is 2.30. The second-order valence-corrected chi connectivity index (χ2v) is 8.14. The van der Waals surface area contributed by atoms with E-state index in [-0.39, 0.29) is 12.0 Å². The summed E-state index contributed by atoms with van der Waals surface area (Å²) >= 11 is 1.52. The fourth-order valence-corrected chi connectivity index (χ4v) is 4.50. The zero-order chi connectivity index (χ0) is 19.0. The summed E-state index contributed by atoms with van der Waals surface area (Å²) in [6.45, 7) is 5.40. The van der Waals surface area contributed by atoms with Crippen molar-refractivity contribution in [3.63, 3.8) is 0 Å². The van der Waals surface area contributed by atoms with Gasteiger partial charge in [-0.2, -0.15) is 5.10 Å². The Labute approximate surface area is 162 Å². The van der Waals surface area contributed by atoms with Crippen molar-refractivity contribution in [1.82, 2.24) is 19.7 Å². The highest BCUT2D eigenvalue weighted by molar-refractivity contribution is 7.15. The minimum atomic E-state index is -0.0942. The van der Waals surface area contributed by atoms with Crippen molar-refractivity contribution in [3.05, 3.63) is 35.5 Å². The van der Waals surface area contributed by atoms with Gasteiger partial charge in [-0.1, -0.05) is 12.1 Å². The van der Waals surface area contributed by atoms with Crippen molar-refractivity contribution in [2.45, 2.75) is 39.0 Å². The van der Waals surface area contributed by atoms with E-state index in [0.29, 0.717) is 11.2 Å². The number of para-hydroxylation sites is 1. The Morgan fingerprint density at radius 2 is 2.26 bits per heavy atom. The van der Waals surface area contributed by atoms with Gasteiger partial charge in [-0.05, 0) is 13.0 Å². The molecular weight excluding hydrogens is 362 g/mol. The number of ether oxygens (including phenoxy) is 1. The number of rotatable bonds is 5. The van der Waals surface area contributed by atoms with E-state index in [1.807, 2.05) is 36.3 Å². The second-order valence-electron chi connectivity index (χ2n) is 7.03. The van der Waals surface area contributed by atoms with Gasteiger partial charge in [0.25, 0.3) is 0 Å². The number of benzene rings is 1. The number of hydrogen-bond acceptors (Lipinski definition) is 6. The Kier molecular flexibility index (Phi) is 4.84. The molecule has 3 aromatic rings. The van der Waals surface area contributed by atoms with Gasteiger partial charge in [0.05, 0.1) is 6.20 Å².